The maximum absolute atomic E-state index is 11.9. The minimum absolute atomic E-state index is 0.250. The van der Waals surface area contributed by atoms with Crippen LogP contribution in [0.4, 0.5) is 0 Å². The quantitative estimate of drug-likeness (QED) is 0.665. The van der Waals surface area contributed by atoms with Gasteiger partial charge < -0.3 is 0 Å². The van der Waals surface area contributed by atoms with Crippen molar-refractivity contribution in [2.45, 2.75) is 29.3 Å². The van der Waals surface area contributed by atoms with E-state index in [9.17, 15) is 9.90 Å². The first kappa shape index (κ1) is 12.7. The molecule has 2 atom stereocenters. The van der Waals surface area contributed by atoms with Crippen LogP contribution in [0.3, 0.4) is 0 Å². The zero-order valence-electron chi connectivity index (χ0n) is 10.3. The molecule has 2 aromatic rings. The fraction of sp³-hybridized carbons (Fsp3) is 0.357. The van der Waals surface area contributed by atoms with Gasteiger partial charge in [0.05, 0.1) is 0 Å². The molecule has 1 aliphatic heterocycles. The summed E-state index contributed by atoms with van der Waals surface area (Å²) in [4.78, 5) is 15.1. The number of aliphatic hydroxyl groups excluding tert-OH is 1. The van der Waals surface area contributed by atoms with Crippen molar-refractivity contribution in [2.75, 3.05) is 0 Å². The first-order valence-electron chi connectivity index (χ1n) is 6.24. The predicted octanol–water partition coefficient (Wildman–Crippen LogP) is 1.54. The molecule has 0 saturated carbocycles. The van der Waals surface area contributed by atoms with Crippen LogP contribution in [-0.2, 0) is 16.0 Å². The normalized spacial score (nSPS) is 22.8. The van der Waals surface area contributed by atoms with Crippen molar-refractivity contribution in [2.24, 2.45) is 0 Å². The van der Waals surface area contributed by atoms with Crippen LogP contribution in [0.5, 0.6) is 0 Å². The van der Waals surface area contributed by atoms with Gasteiger partial charge in [-0.25, -0.2) is 0 Å². The first-order valence-corrected chi connectivity index (χ1v) is 8.66. The van der Waals surface area contributed by atoms with E-state index in [1.54, 1.807) is 0 Å². The maximum atomic E-state index is 11.9. The Bertz CT molecular complexity index is 595. The van der Waals surface area contributed by atoms with Crippen molar-refractivity contribution < 1.29 is 14.6 Å². The van der Waals surface area contributed by atoms with E-state index in [1.165, 1.54) is 0 Å². The Labute approximate surface area is 117 Å². The van der Waals surface area contributed by atoms with Crippen molar-refractivity contribution in [3.63, 3.8) is 0 Å². The van der Waals surface area contributed by atoms with E-state index in [2.05, 4.69) is 4.98 Å². The molecular formula is C14H15NO3Se. The number of aliphatic hydroxyl groups is 1. The topological polar surface area (TPSA) is 62.3 Å². The number of para-hydroxylation sites is 1. The van der Waals surface area contributed by atoms with Gasteiger partial charge in [-0.3, -0.25) is 0 Å². The summed E-state index contributed by atoms with van der Waals surface area (Å²) in [5.74, 6) is -0.258. The third-order valence-corrected chi connectivity index (χ3v) is 5.69. The van der Waals surface area contributed by atoms with E-state index in [0.29, 0.717) is 15.0 Å². The Hall–Kier alpha value is -1.29. The van der Waals surface area contributed by atoms with E-state index in [0.717, 1.165) is 27.1 Å². The van der Waals surface area contributed by atoms with E-state index in [-0.39, 0.29) is 18.5 Å². The van der Waals surface area contributed by atoms with Crippen LogP contribution in [0.15, 0.2) is 30.5 Å². The molecule has 19 heavy (non-hydrogen) atoms. The molecule has 0 bridgehead atoms. The molecule has 2 N–H and O–H groups in total. The number of nitrogens with one attached hydrogen (secondary N) is 1. The average Bonchev–Trinajstić information content (AvgIpc) is 2.98. The molecule has 1 aromatic carbocycles. The molecule has 1 aromatic heterocycles. The Balaban J connectivity index is 1.69. The van der Waals surface area contributed by atoms with Crippen molar-refractivity contribution in [3.05, 3.63) is 36.0 Å². The van der Waals surface area contributed by atoms with Crippen LogP contribution < -0.4 is 0 Å². The molecule has 0 unspecified atom stereocenters. The second kappa shape index (κ2) is 5.37. The standard InChI is InChI=1S/C14H15NO3Se/c16-12-7-19-8-13(12)18-14(17)5-9-6-15-11-4-2-1-3-10(9)11/h1-4,6,12-13,15-16H,5,7-8H2/t12-,13-/m0/s1. The molecule has 4 nitrogen and oxygen atoms in total. The molecule has 1 fully saturated rings. The van der Waals surface area contributed by atoms with Gasteiger partial charge in [-0.15, -0.1) is 0 Å². The number of esters is 1. The van der Waals surface area contributed by atoms with Crippen molar-refractivity contribution in [1.29, 1.82) is 0 Å². The predicted molar refractivity (Wildman–Crippen MR) is 73.3 cm³/mol. The number of carbonyl (C=O) groups is 1. The molecule has 0 aliphatic carbocycles. The molecule has 100 valence electrons. The number of carbonyl (C=O) groups excluding carboxylic acids is 1. The number of hydrogen-bond acceptors (Lipinski definition) is 3. The van der Waals surface area contributed by atoms with Gasteiger partial charge >= 0.3 is 117 Å². The summed E-state index contributed by atoms with van der Waals surface area (Å²) in [5.41, 5.74) is 1.97. The number of fused-ring (bicyclic) bond motifs is 1. The number of aromatic nitrogens is 1. The van der Waals surface area contributed by atoms with Gasteiger partial charge in [-0.2, -0.15) is 0 Å². The van der Waals surface area contributed by atoms with Crippen LogP contribution >= 0.6 is 0 Å². The van der Waals surface area contributed by atoms with Crippen LogP contribution in [0, 0.1) is 0 Å². The van der Waals surface area contributed by atoms with Gasteiger partial charge in [0, 0.05) is 0 Å². The van der Waals surface area contributed by atoms with Crippen LogP contribution in [0.25, 0.3) is 10.9 Å². The second-order valence-corrected chi connectivity index (χ2v) is 6.92. The molecule has 0 amide bonds. The number of aromatic amines is 1. The fourth-order valence-corrected chi connectivity index (χ4v) is 4.62. The zero-order valence-corrected chi connectivity index (χ0v) is 12.0. The summed E-state index contributed by atoms with van der Waals surface area (Å²) in [6, 6.07) is 7.88. The fourth-order valence-electron chi connectivity index (χ4n) is 2.28. The van der Waals surface area contributed by atoms with Crippen LogP contribution in [-0.4, -0.2) is 43.2 Å². The summed E-state index contributed by atoms with van der Waals surface area (Å²) in [6.45, 7) is 0. The summed E-state index contributed by atoms with van der Waals surface area (Å²) in [7, 11) is 0. The third kappa shape index (κ3) is 2.68. The summed E-state index contributed by atoms with van der Waals surface area (Å²) in [5, 5.41) is 12.3. The zero-order chi connectivity index (χ0) is 13.2. The van der Waals surface area contributed by atoms with Crippen LogP contribution in [0.1, 0.15) is 5.56 Å². The summed E-state index contributed by atoms with van der Waals surface area (Å²) < 4.78 is 5.36. The molecular weight excluding hydrogens is 309 g/mol. The third-order valence-electron chi connectivity index (χ3n) is 3.29. The second-order valence-electron chi connectivity index (χ2n) is 4.67. The monoisotopic (exact) mass is 325 g/mol. The molecule has 1 aliphatic rings. The number of ether oxygens (including phenoxy) is 1. The number of hydrogen-bond donors (Lipinski definition) is 2. The van der Waals surface area contributed by atoms with E-state index in [4.69, 9.17) is 4.74 Å². The van der Waals surface area contributed by atoms with Crippen LogP contribution in [0.2, 0.25) is 10.6 Å². The molecule has 2 heterocycles. The SMILES string of the molecule is O=C(Cc1c[nH]c2ccccc12)O[C@H]1C[Se]C[C@@H]1O. The van der Waals surface area contributed by atoms with Crippen molar-refractivity contribution in [1.82, 2.24) is 4.98 Å². The Morgan fingerprint density at radius 2 is 2.26 bits per heavy atom. The number of rotatable bonds is 3. The van der Waals surface area contributed by atoms with Gasteiger partial charge in [0.2, 0.25) is 0 Å². The van der Waals surface area contributed by atoms with E-state index < -0.39 is 6.10 Å². The van der Waals surface area contributed by atoms with Gasteiger partial charge in [0.25, 0.3) is 0 Å². The number of benzene rings is 1. The molecule has 3 rings (SSSR count). The molecule has 0 radical (unpaired) electrons. The first-order chi connectivity index (χ1) is 9.24. The van der Waals surface area contributed by atoms with E-state index >= 15 is 0 Å². The van der Waals surface area contributed by atoms with Crippen molar-refractivity contribution in [3.8, 4) is 0 Å². The Kier molecular flexibility index (Phi) is 3.60. The van der Waals surface area contributed by atoms with E-state index in [1.807, 2.05) is 30.5 Å². The van der Waals surface area contributed by atoms with Gasteiger partial charge in [-0.1, -0.05) is 0 Å². The molecule has 1 saturated heterocycles. The Morgan fingerprint density at radius 3 is 3.05 bits per heavy atom. The summed E-state index contributed by atoms with van der Waals surface area (Å²) >= 11 is 0.408. The van der Waals surface area contributed by atoms with Gasteiger partial charge in [0.1, 0.15) is 0 Å². The van der Waals surface area contributed by atoms with Gasteiger partial charge in [-0.05, 0) is 0 Å². The minimum atomic E-state index is -0.466. The molecule has 5 heteroatoms. The Morgan fingerprint density at radius 1 is 1.42 bits per heavy atom. The molecule has 0 spiro atoms. The van der Waals surface area contributed by atoms with Gasteiger partial charge in [0.15, 0.2) is 0 Å². The average molecular weight is 324 g/mol. The van der Waals surface area contributed by atoms with Crippen molar-refractivity contribution >= 4 is 31.8 Å². The number of H-pyrrole nitrogens is 1. The summed E-state index contributed by atoms with van der Waals surface area (Å²) in [6.07, 6.45) is 1.34.